The van der Waals surface area contributed by atoms with Crippen LogP contribution < -0.4 is 16.2 Å². The van der Waals surface area contributed by atoms with E-state index >= 15 is 0 Å². The summed E-state index contributed by atoms with van der Waals surface area (Å²) in [5.41, 5.74) is 8.60. The van der Waals surface area contributed by atoms with E-state index in [0.29, 0.717) is 10.1 Å². The first-order valence-corrected chi connectivity index (χ1v) is 8.50. The summed E-state index contributed by atoms with van der Waals surface area (Å²) in [5, 5.41) is 4.08. The minimum absolute atomic E-state index is 0.0270. The van der Waals surface area contributed by atoms with Crippen molar-refractivity contribution in [2.45, 2.75) is 19.3 Å². The molecule has 24 heavy (non-hydrogen) atoms. The van der Waals surface area contributed by atoms with E-state index < -0.39 is 0 Å². The van der Waals surface area contributed by atoms with Crippen LogP contribution in [0, 0.1) is 12.8 Å². The first kappa shape index (κ1) is 16.7. The molecular formula is C18H18ClN3OS. The van der Waals surface area contributed by atoms with Gasteiger partial charge in [-0.2, -0.15) is 0 Å². The zero-order valence-corrected chi connectivity index (χ0v) is 14.7. The predicted molar refractivity (Wildman–Crippen MR) is 101 cm³/mol. The average molecular weight is 360 g/mol. The summed E-state index contributed by atoms with van der Waals surface area (Å²) < 4.78 is 0. The largest absolute Gasteiger partial charge is 0.331 e. The van der Waals surface area contributed by atoms with E-state index in [1.807, 2.05) is 55.5 Å². The molecule has 3 N–H and O–H groups in total. The van der Waals surface area contributed by atoms with Gasteiger partial charge in [0.05, 0.1) is 0 Å². The van der Waals surface area contributed by atoms with Crippen LogP contribution in [-0.4, -0.2) is 11.0 Å². The van der Waals surface area contributed by atoms with Crippen molar-refractivity contribution >= 4 is 40.5 Å². The normalized spacial score (nSPS) is 18.6. The molecule has 0 aromatic heterocycles. The number of hydrogen-bond donors (Lipinski definition) is 3. The number of carbonyl (C=O) groups excluding carboxylic acids is 1. The molecule has 2 atom stereocenters. The second kappa shape index (κ2) is 7.20. The predicted octanol–water partition coefficient (Wildman–Crippen LogP) is 3.77. The number of amides is 1. The van der Waals surface area contributed by atoms with Crippen molar-refractivity contribution in [2.24, 2.45) is 5.92 Å². The van der Waals surface area contributed by atoms with Gasteiger partial charge >= 0.3 is 0 Å². The molecule has 0 heterocycles. The smallest absolute Gasteiger partial charge is 0.242 e. The van der Waals surface area contributed by atoms with Crippen molar-refractivity contribution in [3.05, 3.63) is 64.7 Å². The van der Waals surface area contributed by atoms with Crippen molar-refractivity contribution in [1.29, 1.82) is 0 Å². The van der Waals surface area contributed by atoms with Crippen molar-refractivity contribution in [1.82, 2.24) is 10.9 Å². The van der Waals surface area contributed by atoms with E-state index in [-0.39, 0.29) is 17.7 Å². The Labute approximate surface area is 151 Å². The highest BCUT2D eigenvalue weighted by atomic mass is 35.5. The highest BCUT2D eigenvalue weighted by molar-refractivity contribution is 7.80. The highest BCUT2D eigenvalue weighted by Crippen LogP contribution is 2.47. The van der Waals surface area contributed by atoms with Crippen LogP contribution in [0.3, 0.4) is 0 Å². The SMILES string of the molecule is Cc1ccc(NC(=S)NNC(=O)[C@@H]2C[C@@H]2c2ccc(Cl)cc2)cc1. The average Bonchev–Trinajstić information content (AvgIpc) is 3.36. The zero-order chi connectivity index (χ0) is 17.1. The maximum atomic E-state index is 12.2. The van der Waals surface area contributed by atoms with E-state index in [1.54, 1.807) is 0 Å². The molecule has 1 amide bonds. The van der Waals surface area contributed by atoms with E-state index in [2.05, 4.69) is 16.2 Å². The van der Waals surface area contributed by atoms with Gasteiger partial charge in [-0.25, -0.2) is 0 Å². The molecule has 6 heteroatoms. The molecule has 0 unspecified atom stereocenters. The summed E-state index contributed by atoms with van der Waals surface area (Å²) >= 11 is 11.1. The Morgan fingerprint density at radius 3 is 2.42 bits per heavy atom. The lowest BCUT2D eigenvalue weighted by Gasteiger charge is -2.11. The Hall–Kier alpha value is -2.11. The molecule has 124 valence electrons. The summed E-state index contributed by atoms with van der Waals surface area (Å²) in [6.07, 6.45) is 0.841. The first-order chi connectivity index (χ1) is 11.5. The number of aryl methyl sites for hydroxylation is 1. The monoisotopic (exact) mass is 359 g/mol. The Kier molecular flexibility index (Phi) is 5.02. The molecule has 1 aliphatic carbocycles. The minimum Gasteiger partial charge on any atom is -0.331 e. The number of hydrazine groups is 1. The lowest BCUT2D eigenvalue weighted by atomic mass is 10.1. The molecule has 2 aromatic rings. The van der Waals surface area contributed by atoms with E-state index in [4.69, 9.17) is 23.8 Å². The van der Waals surface area contributed by atoms with E-state index in [0.717, 1.165) is 17.7 Å². The molecule has 0 radical (unpaired) electrons. The molecule has 0 aliphatic heterocycles. The van der Waals surface area contributed by atoms with Crippen LogP contribution in [0.4, 0.5) is 5.69 Å². The molecule has 2 aromatic carbocycles. The summed E-state index contributed by atoms with van der Waals surface area (Å²) in [6, 6.07) is 15.5. The fourth-order valence-corrected chi connectivity index (χ4v) is 2.87. The lowest BCUT2D eigenvalue weighted by Crippen LogP contribution is -2.44. The quantitative estimate of drug-likeness (QED) is 0.577. The van der Waals surface area contributed by atoms with Crippen molar-refractivity contribution < 1.29 is 4.79 Å². The summed E-state index contributed by atoms with van der Waals surface area (Å²) in [5.74, 6) is 0.173. The minimum atomic E-state index is -0.0528. The molecule has 0 bridgehead atoms. The molecule has 0 spiro atoms. The Morgan fingerprint density at radius 1 is 1.08 bits per heavy atom. The number of rotatable bonds is 3. The maximum Gasteiger partial charge on any atom is 0.242 e. The van der Waals surface area contributed by atoms with Crippen LogP contribution in [0.1, 0.15) is 23.5 Å². The molecule has 4 nitrogen and oxygen atoms in total. The molecule has 1 saturated carbocycles. The van der Waals surface area contributed by atoms with Crippen molar-refractivity contribution in [3.63, 3.8) is 0 Å². The third-order valence-corrected chi connectivity index (χ3v) is 4.49. The van der Waals surface area contributed by atoms with Gasteiger partial charge in [-0.3, -0.25) is 15.6 Å². The zero-order valence-electron chi connectivity index (χ0n) is 13.2. The van der Waals surface area contributed by atoms with Crippen LogP contribution in [0.2, 0.25) is 5.02 Å². The molecule has 0 saturated heterocycles. The van der Waals surface area contributed by atoms with Crippen LogP contribution in [-0.2, 0) is 4.79 Å². The van der Waals surface area contributed by atoms with Crippen molar-refractivity contribution in [3.8, 4) is 0 Å². The van der Waals surface area contributed by atoms with Gasteiger partial charge < -0.3 is 5.32 Å². The third-order valence-electron chi connectivity index (χ3n) is 4.03. The van der Waals surface area contributed by atoms with Crippen LogP contribution >= 0.6 is 23.8 Å². The Bertz CT molecular complexity index is 746. The molecule has 1 fully saturated rings. The van der Waals surface area contributed by atoms with E-state index in [9.17, 15) is 4.79 Å². The fraction of sp³-hybridized carbons (Fsp3) is 0.222. The fourth-order valence-electron chi connectivity index (χ4n) is 2.57. The van der Waals surface area contributed by atoms with Crippen LogP contribution in [0.25, 0.3) is 0 Å². The third kappa shape index (κ3) is 4.24. The molecule has 3 rings (SSSR count). The Balaban J connectivity index is 1.45. The van der Waals surface area contributed by atoms with Gasteiger partial charge in [-0.1, -0.05) is 41.4 Å². The van der Waals surface area contributed by atoms with Crippen molar-refractivity contribution in [2.75, 3.05) is 5.32 Å². The second-order valence-corrected chi connectivity index (χ2v) is 6.78. The van der Waals surface area contributed by atoms with Gasteiger partial charge in [0, 0.05) is 16.6 Å². The topological polar surface area (TPSA) is 53.2 Å². The van der Waals surface area contributed by atoms with Gasteiger partial charge in [0.15, 0.2) is 5.11 Å². The standard InChI is InChI=1S/C18H18ClN3OS/c1-11-2-8-14(9-3-11)20-18(24)22-21-17(23)16-10-15(16)12-4-6-13(19)7-5-12/h2-9,15-16H,10H2,1H3,(H,21,23)(H2,20,22,24)/t15-,16-/m1/s1. The number of nitrogens with one attached hydrogen (secondary N) is 3. The number of benzene rings is 2. The lowest BCUT2D eigenvalue weighted by molar-refractivity contribution is -0.122. The number of carbonyl (C=O) groups is 1. The number of anilines is 1. The van der Waals surface area contributed by atoms with Gasteiger partial charge in [-0.05, 0) is 61.3 Å². The van der Waals surface area contributed by atoms with Crippen LogP contribution in [0.5, 0.6) is 0 Å². The maximum absolute atomic E-state index is 12.2. The van der Waals surface area contributed by atoms with Gasteiger partial charge in [0.2, 0.25) is 5.91 Å². The van der Waals surface area contributed by atoms with Gasteiger partial charge in [0.1, 0.15) is 0 Å². The highest BCUT2D eigenvalue weighted by Gasteiger charge is 2.43. The van der Waals surface area contributed by atoms with Gasteiger partial charge in [-0.15, -0.1) is 0 Å². The van der Waals surface area contributed by atoms with Gasteiger partial charge in [0.25, 0.3) is 0 Å². The summed E-state index contributed by atoms with van der Waals surface area (Å²) in [4.78, 5) is 12.2. The first-order valence-electron chi connectivity index (χ1n) is 7.72. The number of thiocarbonyl (C=S) groups is 1. The van der Waals surface area contributed by atoms with E-state index in [1.165, 1.54) is 5.56 Å². The number of hydrogen-bond acceptors (Lipinski definition) is 2. The molecular weight excluding hydrogens is 342 g/mol. The Morgan fingerprint density at radius 2 is 1.75 bits per heavy atom. The summed E-state index contributed by atoms with van der Waals surface area (Å²) in [6.45, 7) is 2.02. The second-order valence-electron chi connectivity index (χ2n) is 5.93. The van der Waals surface area contributed by atoms with Crippen LogP contribution in [0.15, 0.2) is 48.5 Å². The summed E-state index contributed by atoms with van der Waals surface area (Å²) in [7, 11) is 0. The number of halogens is 1. The molecule has 1 aliphatic rings.